The minimum Gasteiger partial charge on any atom is -0.386 e. The summed E-state index contributed by atoms with van der Waals surface area (Å²) in [7, 11) is 0. The summed E-state index contributed by atoms with van der Waals surface area (Å²) >= 11 is 1.46. The number of hydrogen-bond donors (Lipinski definition) is 2. The highest BCUT2D eigenvalue weighted by Crippen LogP contribution is 2.30. The normalized spacial score (nSPS) is 12.7. The van der Waals surface area contributed by atoms with Crippen LogP contribution in [-0.4, -0.2) is 14.7 Å². The van der Waals surface area contributed by atoms with E-state index >= 15 is 0 Å². The summed E-state index contributed by atoms with van der Waals surface area (Å²) in [6, 6.07) is 16.6. The molecule has 4 rings (SSSR count). The minimum absolute atomic E-state index is 0.0776. The third-order valence-corrected chi connectivity index (χ3v) is 5.24. The van der Waals surface area contributed by atoms with Crippen LogP contribution >= 0.6 is 11.3 Å². The minimum atomic E-state index is -0.914. The first-order valence-corrected chi connectivity index (χ1v) is 8.33. The van der Waals surface area contributed by atoms with Crippen LogP contribution < -0.4 is 11.2 Å². The molecule has 120 valence electrons. The van der Waals surface area contributed by atoms with Crippen molar-refractivity contribution in [1.29, 1.82) is 0 Å². The predicted octanol–water partition coefficient (Wildman–Crippen LogP) is 2.64. The van der Waals surface area contributed by atoms with Crippen molar-refractivity contribution in [3.63, 3.8) is 0 Å². The van der Waals surface area contributed by atoms with E-state index in [9.17, 15) is 14.7 Å². The SMILES string of the molecule is O=c1[nH]c2ccccc2c(=O)n1CC(O)c1cc2ccccc2s1. The van der Waals surface area contributed by atoms with Gasteiger partial charge in [-0.2, -0.15) is 0 Å². The standard InChI is InChI=1S/C18H14N2O3S/c21-14(16-9-11-5-1-4-8-15(11)24-16)10-20-17(22)12-6-2-3-7-13(12)19-18(20)23/h1-9,14,21H,10H2,(H,19,23). The average Bonchev–Trinajstić information content (AvgIpc) is 3.03. The Morgan fingerprint density at radius 2 is 1.83 bits per heavy atom. The Hall–Kier alpha value is -2.70. The van der Waals surface area contributed by atoms with Crippen LogP contribution in [-0.2, 0) is 6.54 Å². The molecule has 1 atom stereocenters. The Bertz CT molecular complexity index is 1120. The lowest BCUT2D eigenvalue weighted by Gasteiger charge is -2.11. The quantitative estimate of drug-likeness (QED) is 0.603. The maximum atomic E-state index is 12.5. The molecule has 0 bridgehead atoms. The van der Waals surface area contributed by atoms with Crippen molar-refractivity contribution in [3.05, 3.63) is 80.3 Å². The zero-order valence-corrected chi connectivity index (χ0v) is 13.4. The van der Waals surface area contributed by atoms with Crippen LogP contribution in [0.25, 0.3) is 21.0 Å². The van der Waals surface area contributed by atoms with Gasteiger partial charge in [-0.3, -0.25) is 9.36 Å². The lowest BCUT2D eigenvalue weighted by atomic mass is 10.2. The fraction of sp³-hybridized carbons (Fsp3) is 0.111. The second kappa shape index (κ2) is 5.74. The van der Waals surface area contributed by atoms with Crippen LogP contribution in [0.15, 0.2) is 64.2 Å². The molecule has 2 N–H and O–H groups in total. The van der Waals surface area contributed by atoms with Crippen LogP contribution in [0.3, 0.4) is 0 Å². The van der Waals surface area contributed by atoms with Crippen molar-refractivity contribution < 1.29 is 5.11 Å². The van der Waals surface area contributed by atoms with E-state index in [2.05, 4.69) is 4.98 Å². The zero-order valence-electron chi connectivity index (χ0n) is 12.6. The Morgan fingerprint density at radius 3 is 2.67 bits per heavy atom. The summed E-state index contributed by atoms with van der Waals surface area (Å²) in [6.07, 6.45) is -0.914. The Balaban J connectivity index is 1.76. The summed E-state index contributed by atoms with van der Waals surface area (Å²) < 4.78 is 2.11. The number of H-pyrrole nitrogens is 1. The first kappa shape index (κ1) is 14.9. The van der Waals surface area contributed by atoms with Crippen molar-refractivity contribution in [1.82, 2.24) is 9.55 Å². The molecule has 0 aliphatic rings. The lowest BCUT2D eigenvalue weighted by molar-refractivity contribution is 0.157. The summed E-state index contributed by atoms with van der Waals surface area (Å²) in [5.74, 6) is 0. The number of aromatic nitrogens is 2. The van der Waals surface area contributed by atoms with Crippen LogP contribution in [0, 0.1) is 0 Å². The fourth-order valence-electron chi connectivity index (χ4n) is 2.79. The number of para-hydroxylation sites is 1. The van der Waals surface area contributed by atoms with E-state index in [1.54, 1.807) is 24.3 Å². The molecule has 2 aromatic carbocycles. The van der Waals surface area contributed by atoms with E-state index in [4.69, 9.17) is 0 Å². The maximum absolute atomic E-state index is 12.5. The number of hydrogen-bond acceptors (Lipinski definition) is 4. The molecule has 6 heteroatoms. The van der Waals surface area contributed by atoms with Gasteiger partial charge in [-0.1, -0.05) is 30.3 Å². The van der Waals surface area contributed by atoms with Gasteiger partial charge in [0.05, 0.1) is 17.4 Å². The number of aromatic amines is 1. The average molecular weight is 338 g/mol. The number of aliphatic hydroxyl groups is 1. The Morgan fingerprint density at radius 1 is 1.08 bits per heavy atom. The molecular weight excluding hydrogens is 324 g/mol. The van der Waals surface area contributed by atoms with Crippen molar-refractivity contribution in [2.45, 2.75) is 12.6 Å². The molecule has 24 heavy (non-hydrogen) atoms. The molecular formula is C18H14N2O3S. The summed E-state index contributed by atoms with van der Waals surface area (Å²) in [5, 5.41) is 12.0. The molecule has 0 aliphatic carbocycles. The smallest absolute Gasteiger partial charge is 0.328 e. The second-order valence-corrected chi connectivity index (χ2v) is 6.71. The van der Waals surface area contributed by atoms with Gasteiger partial charge in [-0.25, -0.2) is 4.79 Å². The highest BCUT2D eigenvalue weighted by Gasteiger charge is 2.15. The van der Waals surface area contributed by atoms with E-state index in [1.807, 2.05) is 30.3 Å². The summed E-state index contributed by atoms with van der Waals surface area (Å²) in [6.45, 7) is -0.0776. The van der Waals surface area contributed by atoms with Crippen molar-refractivity contribution in [3.8, 4) is 0 Å². The topological polar surface area (TPSA) is 75.1 Å². The molecule has 0 spiro atoms. The summed E-state index contributed by atoms with van der Waals surface area (Å²) in [4.78, 5) is 28.1. The molecule has 1 unspecified atom stereocenters. The van der Waals surface area contributed by atoms with Crippen molar-refractivity contribution >= 4 is 32.3 Å². The van der Waals surface area contributed by atoms with Gasteiger partial charge in [0.25, 0.3) is 5.56 Å². The van der Waals surface area contributed by atoms with E-state index in [1.165, 1.54) is 11.3 Å². The van der Waals surface area contributed by atoms with Gasteiger partial charge in [0.15, 0.2) is 0 Å². The van der Waals surface area contributed by atoms with Crippen LogP contribution in [0.4, 0.5) is 0 Å². The Kier molecular flexibility index (Phi) is 3.55. The molecule has 0 aliphatic heterocycles. The van der Waals surface area contributed by atoms with Gasteiger partial charge in [-0.15, -0.1) is 11.3 Å². The first-order chi connectivity index (χ1) is 11.6. The monoisotopic (exact) mass is 338 g/mol. The highest BCUT2D eigenvalue weighted by atomic mass is 32.1. The number of nitrogens with zero attached hydrogens (tertiary/aromatic N) is 1. The molecule has 0 amide bonds. The molecule has 4 aromatic rings. The van der Waals surface area contributed by atoms with Crippen LogP contribution in [0.2, 0.25) is 0 Å². The molecule has 2 heterocycles. The third-order valence-electron chi connectivity index (χ3n) is 4.02. The third kappa shape index (κ3) is 2.46. The van der Waals surface area contributed by atoms with Gasteiger partial charge in [-0.05, 0) is 29.7 Å². The summed E-state index contributed by atoms with van der Waals surface area (Å²) in [5.41, 5.74) is -0.409. The lowest BCUT2D eigenvalue weighted by Crippen LogP contribution is -2.36. The highest BCUT2D eigenvalue weighted by molar-refractivity contribution is 7.19. The molecule has 0 radical (unpaired) electrons. The molecule has 0 saturated heterocycles. The molecule has 2 aromatic heterocycles. The first-order valence-electron chi connectivity index (χ1n) is 7.52. The van der Waals surface area contributed by atoms with Gasteiger partial charge in [0, 0.05) is 9.58 Å². The second-order valence-electron chi connectivity index (χ2n) is 5.59. The van der Waals surface area contributed by atoms with Crippen molar-refractivity contribution in [2.24, 2.45) is 0 Å². The molecule has 5 nitrogen and oxygen atoms in total. The number of thiophene rings is 1. The number of benzene rings is 2. The van der Waals surface area contributed by atoms with E-state index < -0.39 is 17.4 Å². The fourth-order valence-corrected chi connectivity index (χ4v) is 3.84. The number of aliphatic hydroxyl groups excluding tert-OH is 1. The predicted molar refractivity (Wildman–Crippen MR) is 95.6 cm³/mol. The molecule has 0 saturated carbocycles. The van der Waals surface area contributed by atoms with Crippen LogP contribution in [0.5, 0.6) is 0 Å². The molecule has 0 fully saturated rings. The van der Waals surface area contributed by atoms with E-state index in [0.29, 0.717) is 10.9 Å². The maximum Gasteiger partial charge on any atom is 0.328 e. The van der Waals surface area contributed by atoms with E-state index in [0.717, 1.165) is 19.5 Å². The van der Waals surface area contributed by atoms with Gasteiger partial charge in [0.1, 0.15) is 6.10 Å². The number of nitrogens with one attached hydrogen (secondary N) is 1. The number of rotatable bonds is 3. The van der Waals surface area contributed by atoms with Gasteiger partial charge in [0.2, 0.25) is 0 Å². The van der Waals surface area contributed by atoms with Gasteiger partial charge < -0.3 is 10.1 Å². The van der Waals surface area contributed by atoms with Crippen molar-refractivity contribution in [2.75, 3.05) is 0 Å². The number of fused-ring (bicyclic) bond motifs is 2. The van der Waals surface area contributed by atoms with E-state index in [-0.39, 0.29) is 6.54 Å². The largest absolute Gasteiger partial charge is 0.386 e. The van der Waals surface area contributed by atoms with Crippen LogP contribution in [0.1, 0.15) is 11.0 Å². The van der Waals surface area contributed by atoms with Gasteiger partial charge >= 0.3 is 5.69 Å². The Labute approximate surface area is 140 Å². The zero-order chi connectivity index (χ0) is 16.7.